The van der Waals surface area contributed by atoms with Gasteiger partial charge in [-0.25, -0.2) is 0 Å². The molecule has 0 fully saturated rings. The molecule has 1 aromatic carbocycles. The van der Waals surface area contributed by atoms with Gasteiger partial charge in [0.2, 0.25) is 0 Å². The van der Waals surface area contributed by atoms with E-state index in [-0.39, 0.29) is 0 Å². The Balaban J connectivity index is 3.63. The Morgan fingerprint density at radius 3 is 2.28 bits per heavy atom. The van der Waals surface area contributed by atoms with Crippen LogP contribution in [0.5, 0.6) is 5.75 Å². The molecule has 0 radical (unpaired) electrons. The van der Waals surface area contributed by atoms with Crippen molar-refractivity contribution in [3.63, 3.8) is 0 Å². The van der Waals surface area contributed by atoms with Crippen LogP contribution in [-0.4, -0.2) is 20.1 Å². The topological polar surface area (TPSA) is 53.3 Å². The second-order valence-corrected chi connectivity index (χ2v) is 4.42. The lowest BCUT2D eigenvalue weighted by Crippen LogP contribution is -2.26. The summed E-state index contributed by atoms with van der Waals surface area (Å²) >= 11 is 6.23. The normalized spacial score (nSPS) is 9.83. The van der Waals surface area contributed by atoms with Crippen molar-refractivity contribution in [2.75, 3.05) is 19.1 Å². The average molecular weight is 267 g/mol. The summed E-state index contributed by atoms with van der Waals surface area (Å²) in [5.41, 5.74) is 3.04. The molecule has 5 heteroatoms. The Morgan fingerprint density at radius 1 is 1.28 bits per heavy atom. The number of nitrogens with zero attached hydrogens (tertiary/aromatic N) is 2. The third-order valence-electron chi connectivity index (χ3n) is 3.07. The summed E-state index contributed by atoms with van der Waals surface area (Å²) in [4.78, 5) is 12.8. The van der Waals surface area contributed by atoms with E-state index in [2.05, 4.69) is 0 Å². The molecule has 1 amide bonds. The van der Waals surface area contributed by atoms with Crippen LogP contribution in [0, 0.1) is 32.1 Å². The highest BCUT2D eigenvalue weighted by Gasteiger charge is 2.23. The van der Waals surface area contributed by atoms with Crippen molar-refractivity contribution in [3.05, 3.63) is 21.7 Å². The molecule has 4 nitrogen and oxygen atoms in total. The van der Waals surface area contributed by atoms with Crippen molar-refractivity contribution in [1.29, 1.82) is 5.26 Å². The van der Waals surface area contributed by atoms with Gasteiger partial charge in [0.25, 0.3) is 0 Å². The molecular weight excluding hydrogens is 252 g/mol. The zero-order valence-electron chi connectivity index (χ0n) is 11.1. The van der Waals surface area contributed by atoms with Crippen molar-refractivity contribution in [2.45, 2.75) is 20.8 Å². The third-order valence-corrected chi connectivity index (χ3v) is 3.64. The van der Waals surface area contributed by atoms with Gasteiger partial charge in [0.05, 0.1) is 12.8 Å². The molecule has 0 saturated carbocycles. The van der Waals surface area contributed by atoms with Crippen LogP contribution in [0.1, 0.15) is 16.7 Å². The number of methoxy groups -OCH3 is 1. The molecule has 1 aromatic rings. The molecule has 0 N–H and O–H groups in total. The molecule has 0 aliphatic rings. The van der Waals surface area contributed by atoms with Crippen molar-refractivity contribution in [1.82, 2.24) is 0 Å². The van der Waals surface area contributed by atoms with Gasteiger partial charge in [-0.2, -0.15) is 5.26 Å². The predicted octanol–water partition coefficient (Wildman–Crippen LogP) is 2.76. The zero-order valence-corrected chi connectivity index (χ0v) is 11.8. The molecule has 0 aromatic heterocycles. The van der Waals surface area contributed by atoms with E-state index < -0.39 is 5.91 Å². The number of rotatable bonds is 2. The highest BCUT2D eigenvalue weighted by atomic mass is 35.5. The van der Waals surface area contributed by atoms with Crippen molar-refractivity contribution in [2.24, 2.45) is 0 Å². The molecule has 1 rings (SSSR count). The Morgan fingerprint density at radius 2 is 1.83 bits per heavy atom. The molecule has 96 valence electrons. The van der Waals surface area contributed by atoms with Crippen molar-refractivity contribution in [3.8, 4) is 11.8 Å². The maximum absolute atomic E-state index is 11.5. The summed E-state index contributed by atoms with van der Waals surface area (Å²) in [7, 11) is 3.06. The van der Waals surface area contributed by atoms with E-state index in [4.69, 9.17) is 21.6 Å². The second-order valence-electron chi connectivity index (χ2n) is 4.05. The van der Waals surface area contributed by atoms with Crippen molar-refractivity contribution < 1.29 is 9.53 Å². The van der Waals surface area contributed by atoms with E-state index in [1.54, 1.807) is 13.0 Å². The minimum absolute atomic E-state index is 0.539. The fraction of sp³-hybridized carbons (Fsp3) is 0.385. The highest BCUT2D eigenvalue weighted by molar-refractivity contribution is 6.33. The first-order valence-electron chi connectivity index (χ1n) is 5.37. The average Bonchev–Trinajstić information content (AvgIpc) is 2.38. The van der Waals surface area contributed by atoms with Crippen LogP contribution in [0.4, 0.5) is 5.69 Å². The summed E-state index contributed by atoms with van der Waals surface area (Å²) in [6.45, 7) is 5.56. The van der Waals surface area contributed by atoms with E-state index in [0.29, 0.717) is 16.5 Å². The largest absolute Gasteiger partial charge is 0.494 e. The summed E-state index contributed by atoms with van der Waals surface area (Å²) in [6.07, 6.45) is 0. The van der Waals surface area contributed by atoms with Crippen LogP contribution in [0.15, 0.2) is 0 Å². The lowest BCUT2D eigenvalue weighted by Gasteiger charge is -2.23. The number of benzene rings is 1. The van der Waals surface area contributed by atoms with E-state index in [1.165, 1.54) is 19.1 Å². The number of amides is 1. The van der Waals surface area contributed by atoms with Crippen LogP contribution in [0.3, 0.4) is 0 Å². The van der Waals surface area contributed by atoms with Gasteiger partial charge in [0, 0.05) is 12.1 Å². The maximum atomic E-state index is 11.5. The van der Waals surface area contributed by atoms with Crippen LogP contribution in [0.25, 0.3) is 0 Å². The number of halogens is 1. The third kappa shape index (κ3) is 2.14. The monoisotopic (exact) mass is 266 g/mol. The fourth-order valence-electron chi connectivity index (χ4n) is 1.90. The molecule has 0 heterocycles. The quantitative estimate of drug-likeness (QED) is 0.774. The van der Waals surface area contributed by atoms with Gasteiger partial charge < -0.3 is 4.74 Å². The number of carbonyl (C=O) groups excluding carboxylic acids is 1. The predicted molar refractivity (Wildman–Crippen MR) is 71.2 cm³/mol. The minimum atomic E-state index is -0.657. The van der Waals surface area contributed by atoms with Gasteiger partial charge >= 0.3 is 5.91 Å². The first kappa shape index (κ1) is 14.3. The molecule has 0 atom stereocenters. The van der Waals surface area contributed by atoms with Crippen molar-refractivity contribution >= 4 is 23.2 Å². The SMILES string of the molecule is COc1c(C)c(C)c(Cl)c(C)c1N(C)C(=O)C#N. The van der Waals surface area contributed by atoms with E-state index in [1.807, 2.05) is 13.8 Å². The number of carbonyl (C=O) groups is 1. The number of ether oxygens (including phenoxy) is 1. The smallest absolute Gasteiger partial charge is 0.329 e. The first-order valence-corrected chi connectivity index (χ1v) is 5.75. The molecule has 18 heavy (non-hydrogen) atoms. The zero-order chi connectivity index (χ0) is 14.0. The lowest BCUT2D eigenvalue weighted by molar-refractivity contribution is -0.113. The highest BCUT2D eigenvalue weighted by Crippen LogP contribution is 2.41. The molecule has 0 bridgehead atoms. The summed E-state index contributed by atoms with van der Waals surface area (Å²) in [5.74, 6) is -0.0868. The lowest BCUT2D eigenvalue weighted by atomic mass is 10.0. The summed E-state index contributed by atoms with van der Waals surface area (Å²) < 4.78 is 5.35. The van der Waals surface area contributed by atoms with Crippen LogP contribution in [-0.2, 0) is 4.79 Å². The summed E-state index contributed by atoms with van der Waals surface area (Å²) in [6, 6.07) is 1.58. The Kier molecular flexibility index (Phi) is 4.20. The number of hydrogen-bond acceptors (Lipinski definition) is 3. The Bertz CT molecular complexity index is 547. The minimum Gasteiger partial charge on any atom is -0.494 e. The van der Waals surface area contributed by atoms with Gasteiger partial charge in [-0.1, -0.05) is 11.6 Å². The first-order chi connectivity index (χ1) is 8.36. The number of nitriles is 1. The Hall–Kier alpha value is -1.73. The number of hydrogen-bond donors (Lipinski definition) is 0. The second kappa shape index (κ2) is 5.28. The molecular formula is C13H15ClN2O2. The number of anilines is 1. The molecule has 0 spiro atoms. The maximum Gasteiger partial charge on any atom is 0.329 e. The van der Waals surface area contributed by atoms with Crippen LogP contribution in [0.2, 0.25) is 5.02 Å². The van der Waals surface area contributed by atoms with Gasteiger partial charge in [-0.15, -0.1) is 0 Å². The van der Waals surface area contributed by atoms with E-state index in [9.17, 15) is 4.79 Å². The molecule has 0 saturated heterocycles. The van der Waals surface area contributed by atoms with E-state index >= 15 is 0 Å². The molecule has 0 aliphatic heterocycles. The van der Waals surface area contributed by atoms with Gasteiger partial charge in [-0.05, 0) is 37.5 Å². The fourth-order valence-corrected chi connectivity index (χ4v) is 2.13. The van der Waals surface area contributed by atoms with Gasteiger partial charge in [0.1, 0.15) is 5.75 Å². The molecule has 0 unspecified atom stereocenters. The molecule has 0 aliphatic carbocycles. The van der Waals surface area contributed by atoms with E-state index in [0.717, 1.165) is 16.7 Å². The standard InChI is InChI=1S/C13H15ClN2O2/c1-7-8(2)13(18-5)12(9(3)11(7)14)16(4)10(17)6-15/h1-5H3. The van der Waals surface area contributed by atoms with Gasteiger partial charge in [-0.3, -0.25) is 9.69 Å². The summed E-state index contributed by atoms with van der Waals surface area (Å²) in [5, 5.41) is 9.28. The van der Waals surface area contributed by atoms with Gasteiger partial charge in [0.15, 0.2) is 6.07 Å². The van der Waals surface area contributed by atoms with Crippen LogP contribution < -0.4 is 9.64 Å². The Labute approximate surface area is 112 Å². The van der Waals surface area contributed by atoms with Crippen LogP contribution >= 0.6 is 11.6 Å².